The Morgan fingerprint density at radius 3 is 2.22 bits per heavy atom. The third-order valence-corrected chi connectivity index (χ3v) is 13.2. The summed E-state index contributed by atoms with van der Waals surface area (Å²) in [6.45, 7) is 15.7. The van der Waals surface area contributed by atoms with Crippen LogP contribution >= 0.6 is 0 Å². The zero-order valence-corrected chi connectivity index (χ0v) is 30.6. The van der Waals surface area contributed by atoms with Crippen LogP contribution in [0.25, 0.3) is 0 Å². The maximum Gasteiger partial charge on any atom is 0.350 e. The smallest absolute Gasteiger partial charge is 0.350 e. The first kappa shape index (κ1) is 36.3. The fourth-order valence-corrected chi connectivity index (χ4v) is 10.5. The highest BCUT2D eigenvalue weighted by atomic mass is 16.6. The minimum Gasteiger partial charge on any atom is -0.455 e. The maximum absolute atomic E-state index is 14.8. The molecule has 3 aliphatic carbocycles. The number of nitrogens with one attached hydrogen (secondary N) is 1. The highest BCUT2D eigenvalue weighted by molar-refractivity contribution is 5.91. The Balaban J connectivity index is 1.43. The molecule has 1 aliphatic heterocycles. The number of aliphatic hydroxyl groups excluding tert-OH is 1. The number of carbonyl (C=O) groups is 3. The number of rotatable bonds is 8. The normalized spacial score (nSPS) is 37.1. The van der Waals surface area contributed by atoms with E-state index in [0.717, 1.165) is 11.3 Å². The van der Waals surface area contributed by atoms with Gasteiger partial charge in [0.25, 0.3) is 0 Å². The van der Waals surface area contributed by atoms with E-state index < -0.39 is 75.9 Å². The predicted octanol–water partition coefficient (Wildman–Crippen LogP) is 6.20. The van der Waals surface area contributed by atoms with Crippen molar-refractivity contribution in [3.63, 3.8) is 0 Å². The summed E-state index contributed by atoms with van der Waals surface area (Å²) in [5.41, 5.74) is -0.995. The lowest BCUT2D eigenvalue weighted by atomic mass is 9.40. The van der Waals surface area contributed by atoms with Gasteiger partial charge < -0.3 is 29.7 Å². The van der Waals surface area contributed by atoms with Gasteiger partial charge in [-0.2, -0.15) is 0 Å². The number of carbonyl (C=O) groups excluding carboxylic acids is 3. The first-order valence-corrected chi connectivity index (χ1v) is 18.1. The van der Waals surface area contributed by atoms with E-state index in [0.29, 0.717) is 24.2 Å². The van der Waals surface area contributed by atoms with Crippen molar-refractivity contribution in [2.75, 3.05) is 11.9 Å². The van der Waals surface area contributed by atoms with E-state index in [1.54, 1.807) is 6.92 Å². The molecule has 0 spiro atoms. The van der Waals surface area contributed by atoms with Crippen molar-refractivity contribution in [1.29, 1.82) is 0 Å². The lowest BCUT2D eigenvalue weighted by Crippen LogP contribution is -2.74. The van der Waals surface area contributed by atoms with Crippen LogP contribution in [0.15, 0.2) is 71.8 Å². The zero-order chi connectivity index (χ0) is 36.4. The lowest BCUT2D eigenvalue weighted by molar-refractivity contribution is -0.301. The van der Waals surface area contributed by atoms with Crippen LogP contribution in [-0.2, 0) is 28.6 Å². The number of ether oxygens (including phenoxy) is 3. The van der Waals surface area contributed by atoms with Crippen LogP contribution in [0.3, 0.4) is 0 Å². The molecular weight excluding hydrogens is 634 g/mol. The molecular formula is C41H53NO8. The second-order valence-corrected chi connectivity index (χ2v) is 16.1. The van der Waals surface area contributed by atoms with E-state index in [2.05, 4.69) is 12.2 Å². The minimum absolute atomic E-state index is 0.0592. The number of hydrogen-bond donors (Lipinski definition) is 3. The number of anilines is 1. The summed E-state index contributed by atoms with van der Waals surface area (Å²) in [6, 6.07) is 17.9. The van der Waals surface area contributed by atoms with E-state index >= 15 is 0 Å². The van der Waals surface area contributed by atoms with Gasteiger partial charge in [-0.15, -0.1) is 0 Å². The SMILES string of the molecule is CCC(=O)O[C@@H](C(=O)O[C@H]1C[C@@]2(O)[C@@H](C)[C@@H]3[C@]4(C)CO[C@@H]4C[C@H](O)[C@@]3(C)C(=O)[C@H](C)C(=C1C)C2(C)C)[C@@H](Nc1ccccc1)c1ccccc1. The molecule has 50 heavy (non-hydrogen) atoms. The van der Waals surface area contributed by atoms with Crippen molar-refractivity contribution in [3.05, 3.63) is 77.4 Å². The van der Waals surface area contributed by atoms with E-state index in [1.165, 1.54) is 0 Å². The van der Waals surface area contributed by atoms with Gasteiger partial charge in [0.2, 0.25) is 6.10 Å². The second-order valence-electron chi connectivity index (χ2n) is 16.1. The Morgan fingerprint density at radius 2 is 1.64 bits per heavy atom. The van der Waals surface area contributed by atoms with E-state index in [4.69, 9.17) is 14.2 Å². The molecule has 9 nitrogen and oxygen atoms in total. The van der Waals surface area contributed by atoms with Crippen LogP contribution in [0, 0.1) is 34.0 Å². The van der Waals surface area contributed by atoms with Crippen molar-refractivity contribution in [2.45, 2.75) is 111 Å². The quantitative estimate of drug-likeness (QED) is 0.219. The molecule has 3 fully saturated rings. The van der Waals surface area contributed by atoms with Crippen LogP contribution < -0.4 is 5.32 Å². The molecule has 2 saturated carbocycles. The maximum atomic E-state index is 14.8. The molecule has 2 aromatic rings. The molecule has 3 N–H and O–H groups in total. The van der Waals surface area contributed by atoms with Crippen molar-refractivity contribution in [3.8, 4) is 0 Å². The van der Waals surface area contributed by atoms with Gasteiger partial charge in [0.15, 0.2) is 0 Å². The van der Waals surface area contributed by atoms with Crippen LogP contribution in [0.1, 0.15) is 86.3 Å². The van der Waals surface area contributed by atoms with Crippen LogP contribution in [0.4, 0.5) is 5.69 Å². The molecule has 11 atom stereocenters. The molecule has 2 bridgehead atoms. The fraction of sp³-hybridized carbons (Fsp3) is 0.585. The first-order valence-electron chi connectivity index (χ1n) is 18.1. The molecule has 9 heteroatoms. The van der Waals surface area contributed by atoms with Gasteiger partial charge in [0.1, 0.15) is 11.9 Å². The molecule has 0 aromatic heterocycles. The van der Waals surface area contributed by atoms with Gasteiger partial charge in [0, 0.05) is 41.7 Å². The Morgan fingerprint density at radius 1 is 1.02 bits per heavy atom. The average molecular weight is 688 g/mol. The highest BCUT2D eigenvalue weighted by Crippen LogP contribution is 2.67. The number of ketones is 1. The summed E-state index contributed by atoms with van der Waals surface area (Å²) in [5, 5.41) is 28.2. The first-order chi connectivity index (χ1) is 23.5. The third kappa shape index (κ3) is 5.42. The second kappa shape index (κ2) is 12.9. The van der Waals surface area contributed by atoms with Gasteiger partial charge in [-0.3, -0.25) is 9.59 Å². The summed E-state index contributed by atoms with van der Waals surface area (Å²) in [7, 11) is 0. The Bertz CT molecular complexity index is 1660. The van der Waals surface area contributed by atoms with E-state index in [9.17, 15) is 24.6 Å². The topological polar surface area (TPSA) is 131 Å². The number of benzene rings is 2. The van der Waals surface area contributed by atoms with E-state index in [1.807, 2.05) is 102 Å². The van der Waals surface area contributed by atoms with E-state index in [-0.39, 0.29) is 24.7 Å². The number of esters is 2. The molecule has 2 aromatic carbocycles. The Hall–Kier alpha value is -3.53. The van der Waals surface area contributed by atoms with Crippen LogP contribution in [-0.4, -0.2) is 64.6 Å². The number of fused-ring (bicyclic) bond motifs is 5. The van der Waals surface area contributed by atoms with Gasteiger partial charge in [0.05, 0.1) is 35.9 Å². The Kier molecular flexibility index (Phi) is 9.36. The van der Waals surface area contributed by atoms with Crippen molar-refractivity contribution in [1.82, 2.24) is 0 Å². The van der Waals surface area contributed by atoms with Crippen molar-refractivity contribution < 1.29 is 38.8 Å². The largest absolute Gasteiger partial charge is 0.455 e. The molecule has 1 saturated heterocycles. The number of para-hydroxylation sites is 1. The standard InChI is InChI=1S/C41H53NO8/c1-9-31(44)50-34(33(26-16-12-10-13-17-26)42-27-18-14-11-15-19-27)37(46)49-28-21-41(47)25(4)35-39(7)22-48-30(39)20-29(43)40(35,8)36(45)24(3)32(23(28)2)38(41,5)6/h10-19,24-25,28-30,33-35,42-43,47H,9,20-22H2,1-8H3/t24-,25+,28+,29+,30-,33+,34-,35-,39-,40-,41-/m1/s1. The highest BCUT2D eigenvalue weighted by Gasteiger charge is 2.72. The minimum atomic E-state index is -1.44. The fourth-order valence-electron chi connectivity index (χ4n) is 10.5. The Labute approximate surface area is 295 Å². The van der Waals surface area contributed by atoms with Gasteiger partial charge >= 0.3 is 11.9 Å². The average Bonchev–Trinajstić information content (AvgIpc) is 3.09. The summed E-state index contributed by atoms with van der Waals surface area (Å²) in [6.07, 6.45) is -2.91. The molecule has 0 radical (unpaired) electrons. The third-order valence-electron chi connectivity index (χ3n) is 13.2. The van der Waals surface area contributed by atoms with Gasteiger partial charge in [-0.1, -0.05) is 90.1 Å². The number of aliphatic hydroxyl groups is 2. The van der Waals surface area contributed by atoms with Crippen LogP contribution in [0.5, 0.6) is 0 Å². The lowest BCUT2D eigenvalue weighted by Gasteiger charge is -2.68. The molecule has 6 rings (SSSR count). The van der Waals surface area contributed by atoms with Crippen molar-refractivity contribution in [2.24, 2.45) is 34.0 Å². The number of hydrogen-bond acceptors (Lipinski definition) is 9. The molecule has 0 amide bonds. The molecule has 1 heterocycles. The summed E-state index contributed by atoms with van der Waals surface area (Å²) < 4.78 is 18.2. The molecule has 270 valence electrons. The summed E-state index contributed by atoms with van der Waals surface area (Å²) in [4.78, 5) is 42.2. The van der Waals surface area contributed by atoms with Crippen LogP contribution in [0.2, 0.25) is 0 Å². The van der Waals surface area contributed by atoms with Gasteiger partial charge in [-0.25, -0.2) is 4.79 Å². The molecule has 0 unspecified atom stereocenters. The van der Waals surface area contributed by atoms with Gasteiger partial charge in [-0.05, 0) is 54.5 Å². The van der Waals surface area contributed by atoms with Crippen molar-refractivity contribution >= 4 is 23.4 Å². The zero-order valence-electron chi connectivity index (χ0n) is 30.6. The molecule has 4 aliphatic rings. The predicted molar refractivity (Wildman–Crippen MR) is 189 cm³/mol. The monoisotopic (exact) mass is 687 g/mol. The summed E-state index contributed by atoms with van der Waals surface area (Å²) in [5.74, 6) is -2.94. The number of Topliss-reactive ketones (excluding diaryl/α,β-unsaturated/α-hetero) is 1. The summed E-state index contributed by atoms with van der Waals surface area (Å²) >= 11 is 0.